The van der Waals surface area contributed by atoms with Gasteiger partial charge in [-0.1, -0.05) is 0 Å². The number of carbonyl (C=O) groups is 1. The van der Waals surface area contributed by atoms with Gasteiger partial charge in [-0.15, -0.1) is 0 Å². The van der Waals surface area contributed by atoms with Gasteiger partial charge in [-0.3, -0.25) is 0 Å². The van der Waals surface area contributed by atoms with Crippen LogP contribution in [-0.2, 0) is 0 Å². The standard InChI is InChI=1S/CH4N2O.Ce/c2-1(3)4;/h(H4,2,3,4);. The van der Waals surface area contributed by atoms with Crippen molar-refractivity contribution in [2.24, 2.45) is 11.5 Å². The molecular formula is CH4CeN2O. The second kappa shape index (κ2) is 4.65. The fourth-order valence-corrected chi connectivity index (χ4v) is 0. The number of hydrogen-bond acceptors (Lipinski definition) is 1. The SMILES string of the molecule is NC(N)=O.[Ce]. The molecule has 4 N–H and O–H groups in total. The zero-order valence-electron chi connectivity index (χ0n) is 2.56. The van der Waals surface area contributed by atoms with E-state index >= 15 is 0 Å². The van der Waals surface area contributed by atoms with Gasteiger partial charge < -0.3 is 11.5 Å². The maximum Gasteiger partial charge on any atom is 0.309 e. The van der Waals surface area contributed by atoms with Gasteiger partial charge in [-0.05, 0) is 0 Å². The summed E-state index contributed by atoms with van der Waals surface area (Å²) in [5, 5.41) is 0. The van der Waals surface area contributed by atoms with Gasteiger partial charge in [-0.2, -0.15) is 0 Å². The Balaban J connectivity index is 0. The topological polar surface area (TPSA) is 69.1 Å². The average molecular weight is 200 g/mol. The molecule has 0 fully saturated rings. The van der Waals surface area contributed by atoms with E-state index in [1.807, 2.05) is 0 Å². The fraction of sp³-hybridized carbons (Fsp3) is 0. The molecule has 0 aliphatic heterocycles. The quantitative estimate of drug-likeness (QED) is 0.518. The smallest absolute Gasteiger partial charge is 0.309 e. The van der Waals surface area contributed by atoms with Crippen LogP contribution in [0.25, 0.3) is 0 Å². The minimum absolute atomic E-state index is 0. The summed E-state index contributed by atoms with van der Waals surface area (Å²) >= 11 is 0. The summed E-state index contributed by atoms with van der Waals surface area (Å²) in [6.07, 6.45) is 0. The van der Waals surface area contributed by atoms with Crippen molar-refractivity contribution in [3.8, 4) is 0 Å². The Morgan fingerprint density at radius 3 is 1.40 bits per heavy atom. The minimum atomic E-state index is -0.833. The van der Waals surface area contributed by atoms with Crippen LogP contribution in [-0.4, -0.2) is 6.03 Å². The first-order valence-corrected chi connectivity index (χ1v) is 0.781. The molecule has 0 aromatic heterocycles. The summed E-state index contributed by atoms with van der Waals surface area (Å²) in [4.78, 5) is 9.00. The molecule has 3 nitrogen and oxygen atoms in total. The molecule has 0 saturated heterocycles. The number of carbonyl (C=O) groups excluding carboxylic acids is 1. The van der Waals surface area contributed by atoms with Crippen molar-refractivity contribution in [1.29, 1.82) is 0 Å². The minimum Gasteiger partial charge on any atom is -0.352 e. The third kappa shape index (κ3) is 77.8. The van der Waals surface area contributed by atoms with E-state index in [9.17, 15) is 0 Å². The summed E-state index contributed by atoms with van der Waals surface area (Å²) in [5.41, 5.74) is 8.50. The Hall–Kier alpha value is 0.647. The molecule has 28 valence electrons. The molecule has 0 spiro atoms. The molecule has 0 saturated carbocycles. The number of nitrogens with two attached hydrogens (primary N) is 2. The van der Waals surface area contributed by atoms with E-state index in [4.69, 9.17) is 4.79 Å². The third-order valence-corrected chi connectivity index (χ3v) is 0. The zero-order valence-corrected chi connectivity index (χ0v) is 5.70. The summed E-state index contributed by atoms with van der Waals surface area (Å²) in [6.45, 7) is 0. The van der Waals surface area contributed by atoms with Crippen molar-refractivity contribution >= 4 is 6.03 Å². The average Bonchev–Trinajstić information content (AvgIpc) is 0.811. The van der Waals surface area contributed by atoms with Crippen LogP contribution in [0, 0.1) is 41.7 Å². The molecule has 0 aromatic carbocycles. The van der Waals surface area contributed by atoms with Crippen molar-refractivity contribution in [2.75, 3.05) is 0 Å². The summed E-state index contributed by atoms with van der Waals surface area (Å²) in [6, 6.07) is -0.833. The van der Waals surface area contributed by atoms with Gasteiger partial charge in [-0.25, -0.2) is 4.79 Å². The molecule has 0 rings (SSSR count). The van der Waals surface area contributed by atoms with Crippen molar-refractivity contribution in [3.63, 3.8) is 0 Å². The van der Waals surface area contributed by atoms with E-state index in [-0.39, 0.29) is 41.7 Å². The van der Waals surface area contributed by atoms with E-state index in [0.29, 0.717) is 0 Å². The first-order valence-electron chi connectivity index (χ1n) is 0.781. The molecule has 0 radical (unpaired) electrons. The Labute approximate surface area is 63.5 Å². The van der Waals surface area contributed by atoms with Crippen LogP contribution in [0.1, 0.15) is 0 Å². The molecule has 5 heavy (non-hydrogen) atoms. The van der Waals surface area contributed by atoms with Gasteiger partial charge in [0.15, 0.2) is 0 Å². The van der Waals surface area contributed by atoms with Gasteiger partial charge >= 0.3 is 6.03 Å². The van der Waals surface area contributed by atoms with Gasteiger partial charge in [0.2, 0.25) is 0 Å². The monoisotopic (exact) mass is 200 g/mol. The van der Waals surface area contributed by atoms with Gasteiger partial charge in [0.05, 0.1) is 0 Å². The predicted molar refractivity (Wildman–Crippen MR) is 13.8 cm³/mol. The zero-order chi connectivity index (χ0) is 3.58. The summed E-state index contributed by atoms with van der Waals surface area (Å²) in [7, 11) is 0. The third-order valence-electron chi connectivity index (χ3n) is 0. The number of primary amides is 2. The second-order valence-electron chi connectivity index (χ2n) is 0.402. The van der Waals surface area contributed by atoms with Crippen LogP contribution in [0.3, 0.4) is 0 Å². The molecule has 0 aliphatic carbocycles. The molecule has 2 amide bonds. The molecule has 0 bridgehead atoms. The second-order valence-corrected chi connectivity index (χ2v) is 0.402. The van der Waals surface area contributed by atoms with Gasteiger partial charge in [0.1, 0.15) is 0 Å². The first-order chi connectivity index (χ1) is 1.73. The van der Waals surface area contributed by atoms with Gasteiger partial charge in [0.25, 0.3) is 0 Å². The predicted octanol–water partition coefficient (Wildman–Crippen LogP) is -0.976. The van der Waals surface area contributed by atoms with Crippen molar-refractivity contribution < 1.29 is 46.5 Å². The van der Waals surface area contributed by atoms with Crippen LogP contribution in [0.15, 0.2) is 0 Å². The van der Waals surface area contributed by atoms with Crippen LogP contribution in [0.2, 0.25) is 0 Å². The van der Waals surface area contributed by atoms with E-state index < -0.39 is 6.03 Å². The maximum atomic E-state index is 9.00. The van der Waals surface area contributed by atoms with Crippen LogP contribution < -0.4 is 11.5 Å². The largest absolute Gasteiger partial charge is 0.352 e. The molecular weight excluding hydrogens is 196 g/mol. The Kier molecular flexibility index (Phi) is 8.52. The Morgan fingerprint density at radius 2 is 1.40 bits per heavy atom. The van der Waals surface area contributed by atoms with E-state index in [0.717, 1.165) is 0 Å². The van der Waals surface area contributed by atoms with Gasteiger partial charge in [0, 0.05) is 41.7 Å². The number of amides is 2. The molecule has 4 heteroatoms. The fourth-order valence-electron chi connectivity index (χ4n) is 0. The normalized spacial score (nSPS) is 4.80. The Morgan fingerprint density at radius 1 is 1.40 bits per heavy atom. The van der Waals surface area contributed by atoms with Crippen molar-refractivity contribution in [1.82, 2.24) is 0 Å². The van der Waals surface area contributed by atoms with E-state index in [1.165, 1.54) is 0 Å². The summed E-state index contributed by atoms with van der Waals surface area (Å²) in [5.74, 6) is 0. The number of urea groups is 1. The Bertz CT molecular complexity index is 32.6. The van der Waals surface area contributed by atoms with Crippen molar-refractivity contribution in [3.05, 3.63) is 0 Å². The van der Waals surface area contributed by atoms with Crippen LogP contribution in [0.4, 0.5) is 4.79 Å². The van der Waals surface area contributed by atoms with Crippen LogP contribution in [0.5, 0.6) is 0 Å². The van der Waals surface area contributed by atoms with E-state index in [1.54, 1.807) is 0 Å². The van der Waals surface area contributed by atoms with Crippen molar-refractivity contribution in [2.45, 2.75) is 0 Å². The number of rotatable bonds is 0. The molecule has 0 heterocycles. The summed E-state index contributed by atoms with van der Waals surface area (Å²) < 4.78 is 0. The first kappa shape index (κ1) is 9.17. The number of hydrogen-bond donors (Lipinski definition) is 2. The molecule has 0 aromatic rings. The molecule has 0 aliphatic rings. The van der Waals surface area contributed by atoms with E-state index in [2.05, 4.69) is 11.5 Å². The molecule has 0 unspecified atom stereocenters. The molecule has 0 atom stereocenters. The van der Waals surface area contributed by atoms with Crippen LogP contribution >= 0.6 is 0 Å². The maximum absolute atomic E-state index is 9.00.